The zero-order valence-corrected chi connectivity index (χ0v) is 16.2. The third-order valence-electron chi connectivity index (χ3n) is 5.41. The van der Waals surface area contributed by atoms with E-state index in [-0.39, 0.29) is 29.8 Å². The van der Waals surface area contributed by atoms with Gasteiger partial charge in [-0.1, -0.05) is 6.07 Å². The van der Waals surface area contributed by atoms with E-state index >= 15 is 0 Å². The molecule has 1 N–H and O–H groups in total. The predicted molar refractivity (Wildman–Crippen MR) is 105 cm³/mol. The van der Waals surface area contributed by atoms with E-state index in [2.05, 4.69) is 0 Å². The summed E-state index contributed by atoms with van der Waals surface area (Å²) in [5, 5.41) is 31.4. The number of nitrogens with zero attached hydrogens (tertiary/aromatic N) is 3. The number of aliphatic carboxylic acids is 1. The lowest BCUT2D eigenvalue weighted by molar-refractivity contribution is -0.456. The van der Waals surface area contributed by atoms with Gasteiger partial charge >= 0.3 is 5.97 Å². The molecule has 0 aliphatic carbocycles. The second-order valence-electron chi connectivity index (χ2n) is 7.59. The van der Waals surface area contributed by atoms with Gasteiger partial charge in [-0.3, -0.25) is 25.0 Å². The molecule has 0 fully saturated rings. The monoisotopic (exact) mass is 398 g/mol. The van der Waals surface area contributed by atoms with Crippen molar-refractivity contribution in [3.05, 3.63) is 73.3 Å². The Bertz CT molecular complexity index is 1060. The molecule has 2 aromatic rings. The van der Waals surface area contributed by atoms with Crippen LogP contribution in [-0.4, -0.2) is 31.2 Å². The van der Waals surface area contributed by atoms with E-state index in [1.165, 1.54) is 12.1 Å². The Balaban J connectivity index is 2.07. The first kappa shape index (κ1) is 20.1. The number of non-ortho nitro benzene ring substituents is 2. The first-order valence-corrected chi connectivity index (χ1v) is 8.90. The summed E-state index contributed by atoms with van der Waals surface area (Å²) in [5.74, 6) is -0.915. The molecule has 1 aliphatic heterocycles. The van der Waals surface area contributed by atoms with Crippen molar-refractivity contribution in [1.29, 1.82) is 0 Å². The predicted octanol–water partition coefficient (Wildman–Crippen LogP) is 3.73. The Morgan fingerprint density at radius 3 is 2.14 bits per heavy atom. The Morgan fingerprint density at radius 2 is 1.62 bits per heavy atom. The highest BCUT2D eigenvalue weighted by atomic mass is 16.6. The smallest absolute Gasteiger partial charge is 0.307 e. The van der Waals surface area contributed by atoms with Crippen molar-refractivity contribution >= 4 is 28.7 Å². The fourth-order valence-electron chi connectivity index (χ4n) is 3.66. The number of nitro groups is 2. The molecule has 0 bridgehead atoms. The van der Waals surface area contributed by atoms with Gasteiger partial charge in [0.1, 0.15) is 0 Å². The van der Waals surface area contributed by atoms with E-state index in [9.17, 15) is 25.0 Å². The fourth-order valence-corrected chi connectivity index (χ4v) is 3.66. The molecule has 0 saturated carbocycles. The third-order valence-corrected chi connectivity index (χ3v) is 5.41. The van der Waals surface area contributed by atoms with Crippen LogP contribution in [-0.2, 0) is 23.2 Å². The molecule has 1 heterocycles. The molecule has 9 heteroatoms. The van der Waals surface area contributed by atoms with Gasteiger partial charge in [-0.15, -0.1) is 0 Å². The zero-order valence-electron chi connectivity index (χ0n) is 16.2. The van der Waals surface area contributed by atoms with Gasteiger partial charge in [0.2, 0.25) is 5.69 Å². The molecule has 29 heavy (non-hydrogen) atoms. The Kier molecular flexibility index (Phi) is 4.91. The Labute approximate surface area is 166 Å². The minimum atomic E-state index is -0.915. The van der Waals surface area contributed by atoms with Gasteiger partial charge < -0.3 is 5.11 Å². The quantitative estimate of drug-likeness (QED) is 0.449. The SMILES string of the molecule is CC1=[N+](Cc2cc([N+](=O)[O-])cc([N+](=O)[O-])c2)c2ccc(CC(=O)O)cc2C1(C)C. The van der Waals surface area contributed by atoms with Gasteiger partial charge in [-0.25, -0.2) is 0 Å². The van der Waals surface area contributed by atoms with E-state index < -0.39 is 15.8 Å². The number of nitro benzene ring substituents is 2. The van der Waals surface area contributed by atoms with Crippen LogP contribution >= 0.6 is 0 Å². The minimum absolute atomic E-state index is 0.0838. The molecule has 150 valence electrons. The number of hydrogen-bond acceptors (Lipinski definition) is 5. The molecular formula is C20H20N3O6+. The topological polar surface area (TPSA) is 127 Å². The maximum Gasteiger partial charge on any atom is 0.307 e. The van der Waals surface area contributed by atoms with Crippen molar-refractivity contribution in [2.75, 3.05) is 0 Å². The van der Waals surface area contributed by atoms with Gasteiger partial charge in [-0.2, -0.15) is 4.58 Å². The third kappa shape index (κ3) is 3.71. The molecule has 0 amide bonds. The molecule has 0 saturated heterocycles. The average Bonchev–Trinajstić information content (AvgIpc) is 2.81. The van der Waals surface area contributed by atoms with E-state index in [0.717, 1.165) is 23.0 Å². The molecule has 9 nitrogen and oxygen atoms in total. The largest absolute Gasteiger partial charge is 0.481 e. The first-order chi connectivity index (χ1) is 13.5. The molecule has 3 rings (SSSR count). The Hall–Kier alpha value is -3.62. The highest BCUT2D eigenvalue weighted by Crippen LogP contribution is 2.41. The number of fused-ring (bicyclic) bond motifs is 1. The maximum atomic E-state index is 11.2. The van der Waals surface area contributed by atoms with Gasteiger partial charge in [0, 0.05) is 36.2 Å². The maximum absolute atomic E-state index is 11.2. The number of carboxylic acids is 1. The van der Waals surface area contributed by atoms with Gasteiger partial charge in [0.05, 0.1) is 27.7 Å². The highest BCUT2D eigenvalue weighted by Gasteiger charge is 2.43. The van der Waals surface area contributed by atoms with Crippen LogP contribution < -0.4 is 0 Å². The number of carbonyl (C=O) groups is 1. The molecule has 1 aliphatic rings. The lowest BCUT2D eigenvalue weighted by Crippen LogP contribution is -2.26. The van der Waals surface area contributed by atoms with Crippen LogP contribution in [0, 0.1) is 20.2 Å². The van der Waals surface area contributed by atoms with E-state index in [1.54, 1.807) is 6.07 Å². The van der Waals surface area contributed by atoms with Crippen LogP contribution in [0.2, 0.25) is 0 Å². The van der Waals surface area contributed by atoms with Crippen LogP contribution in [0.3, 0.4) is 0 Å². The number of benzene rings is 2. The molecule has 0 atom stereocenters. The summed E-state index contributed by atoms with van der Waals surface area (Å²) < 4.78 is 1.96. The van der Waals surface area contributed by atoms with E-state index in [4.69, 9.17) is 5.11 Å². The molecule has 0 spiro atoms. The van der Waals surface area contributed by atoms with Crippen molar-refractivity contribution in [2.45, 2.75) is 39.2 Å². The molecule has 0 aromatic heterocycles. The second-order valence-corrected chi connectivity index (χ2v) is 7.59. The van der Waals surface area contributed by atoms with E-state index in [1.807, 2.05) is 37.5 Å². The summed E-state index contributed by atoms with van der Waals surface area (Å²) >= 11 is 0. The van der Waals surface area contributed by atoms with Crippen LogP contribution in [0.25, 0.3) is 0 Å². The van der Waals surface area contributed by atoms with Crippen molar-refractivity contribution in [3.8, 4) is 0 Å². The normalized spacial score (nSPS) is 14.6. The van der Waals surface area contributed by atoms with Gasteiger partial charge in [0.15, 0.2) is 12.3 Å². The van der Waals surface area contributed by atoms with E-state index in [0.29, 0.717) is 11.1 Å². The van der Waals surface area contributed by atoms with Crippen molar-refractivity contribution in [1.82, 2.24) is 0 Å². The molecule has 2 aromatic carbocycles. The Morgan fingerprint density at radius 1 is 1.03 bits per heavy atom. The summed E-state index contributed by atoms with van der Waals surface area (Å²) in [6, 6.07) is 9.05. The fraction of sp³-hybridized carbons (Fsp3) is 0.300. The van der Waals surface area contributed by atoms with Crippen LogP contribution in [0.1, 0.15) is 37.5 Å². The summed E-state index contributed by atoms with van der Waals surface area (Å²) in [7, 11) is 0. The lowest BCUT2D eigenvalue weighted by Gasteiger charge is -2.15. The van der Waals surface area contributed by atoms with Crippen molar-refractivity contribution in [3.63, 3.8) is 0 Å². The van der Waals surface area contributed by atoms with Crippen LogP contribution in [0.5, 0.6) is 0 Å². The van der Waals surface area contributed by atoms with Crippen molar-refractivity contribution < 1.29 is 24.3 Å². The number of rotatable bonds is 6. The molecule has 0 radical (unpaired) electrons. The zero-order chi connectivity index (χ0) is 21.5. The number of carboxylic acid groups (broad SMARTS) is 1. The minimum Gasteiger partial charge on any atom is -0.481 e. The summed E-state index contributed by atoms with van der Waals surface area (Å²) in [5.41, 5.74) is 2.87. The summed E-state index contributed by atoms with van der Waals surface area (Å²) in [6.07, 6.45) is -0.0838. The average molecular weight is 398 g/mol. The number of hydrogen-bond donors (Lipinski definition) is 1. The first-order valence-electron chi connectivity index (χ1n) is 8.90. The molecular weight excluding hydrogens is 378 g/mol. The second kappa shape index (κ2) is 7.08. The summed E-state index contributed by atoms with van der Waals surface area (Å²) in [4.78, 5) is 32.1. The summed E-state index contributed by atoms with van der Waals surface area (Å²) in [6.45, 7) is 6.19. The van der Waals surface area contributed by atoms with Crippen LogP contribution in [0.15, 0.2) is 36.4 Å². The van der Waals surface area contributed by atoms with Gasteiger partial charge in [-0.05, 0) is 25.5 Å². The van der Waals surface area contributed by atoms with Crippen molar-refractivity contribution in [2.24, 2.45) is 0 Å². The van der Waals surface area contributed by atoms with Crippen LogP contribution in [0.4, 0.5) is 17.1 Å². The molecule has 0 unspecified atom stereocenters. The standard InChI is InChI=1S/C20H19N3O6/c1-12-20(2,3)17-8-13(9-19(24)25)4-5-18(17)21(12)11-14-6-15(22(26)27)10-16(7-14)23(28)29/h4-8,10H,9,11H2,1-3H3/p+1. The van der Waals surface area contributed by atoms with Gasteiger partial charge in [0.25, 0.3) is 11.4 Å². The highest BCUT2D eigenvalue weighted by molar-refractivity contribution is 5.93. The lowest BCUT2D eigenvalue weighted by atomic mass is 9.81.